The number of nitrogens with one attached hydrogen (secondary N) is 4. The first kappa shape index (κ1) is 29.6. The molecule has 9 nitrogen and oxygen atoms in total. The van der Waals surface area contributed by atoms with Gasteiger partial charge in [0.1, 0.15) is 5.75 Å². The highest BCUT2D eigenvalue weighted by molar-refractivity contribution is 6.33. The Labute approximate surface area is 211 Å². The van der Waals surface area contributed by atoms with Gasteiger partial charge in [0.25, 0.3) is 0 Å². The van der Waals surface area contributed by atoms with Gasteiger partial charge < -0.3 is 36.6 Å². The molecule has 0 saturated carbocycles. The zero-order valence-electron chi connectivity index (χ0n) is 18.9. The van der Waals surface area contributed by atoms with Crippen LogP contribution in [0.2, 0.25) is 0 Å². The Bertz CT molecular complexity index is 926. The number of hydrogen-bond acceptors (Lipinski definition) is 9. The smallest absolute Gasteiger partial charge is 0.200 e. The van der Waals surface area contributed by atoms with Crippen LogP contribution in [0, 0.1) is 6.92 Å². The van der Waals surface area contributed by atoms with Crippen LogP contribution in [0.1, 0.15) is 37.4 Å². The lowest BCUT2D eigenvalue weighted by Crippen LogP contribution is -2.29. The molecule has 2 aromatic rings. The zero-order chi connectivity index (χ0) is 23.1. The van der Waals surface area contributed by atoms with E-state index >= 15 is 0 Å². The molecule has 11 heteroatoms. The van der Waals surface area contributed by atoms with Crippen molar-refractivity contribution in [3.8, 4) is 5.75 Å². The molecular weight excluding hydrogens is 483 g/mol. The average Bonchev–Trinajstić information content (AvgIpc) is 2.78. The van der Waals surface area contributed by atoms with Gasteiger partial charge in [-0.05, 0) is 30.7 Å². The Balaban J connectivity index is 0.00000289. The Morgan fingerprint density at radius 1 is 0.647 bits per heavy atom. The molecule has 0 aromatic heterocycles. The van der Waals surface area contributed by atoms with E-state index < -0.39 is 5.78 Å². The molecular formula is C23H32Cl2N4O5. The molecule has 3 rings (SSSR count). The molecule has 0 spiro atoms. The topological polar surface area (TPSA) is 143 Å². The highest BCUT2D eigenvalue weighted by Crippen LogP contribution is 2.40. The summed E-state index contributed by atoms with van der Waals surface area (Å²) in [6.07, 6.45) is 0. The quantitative estimate of drug-likeness (QED) is 0.178. The van der Waals surface area contributed by atoms with Crippen molar-refractivity contribution in [1.29, 1.82) is 0 Å². The van der Waals surface area contributed by atoms with E-state index in [-0.39, 0.29) is 71.8 Å². The van der Waals surface area contributed by atoms with Crippen LogP contribution >= 0.6 is 24.8 Å². The monoisotopic (exact) mass is 514 g/mol. The summed E-state index contributed by atoms with van der Waals surface area (Å²) in [6, 6.07) is 6.58. The second-order valence-corrected chi connectivity index (χ2v) is 7.52. The molecule has 0 saturated heterocycles. The molecule has 0 atom stereocenters. The predicted molar refractivity (Wildman–Crippen MR) is 138 cm³/mol. The summed E-state index contributed by atoms with van der Waals surface area (Å²) in [4.78, 5) is 27.0. The maximum absolute atomic E-state index is 13.5. The minimum atomic E-state index is -0.399. The van der Waals surface area contributed by atoms with Crippen LogP contribution in [0.3, 0.4) is 0 Å². The van der Waals surface area contributed by atoms with Crippen molar-refractivity contribution in [3.63, 3.8) is 0 Å². The van der Waals surface area contributed by atoms with Gasteiger partial charge in [-0.2, -0.15) is 0 Å². The van der Waals surface area contributed by atoms with E-state index in [4.69, 9.17) is 10.2 Å². The molecule has 0 aliphatic heterocycles. The summed E-state index contributed by atoms with van der Waals surface area (Å²) >= 11 is 0. The van der Waals surface area contributed by atoms with Crippen LogP contribution in [0.4, 0.5) is 11.4 Å². The van der Waals surface area contributed by atoms with E-state index in [1.54, 1.807) is 25.1 Å². The van der Waals surface area contributed by atoms with Gasteiger partial charge in [-0.25, -0.2) is 0 Å². The number of halogens is 2. The predicted octanol–water partition coefficient (Wildman–Crippen LogP) is 1.31. The number of fused-ring (bicyclic) bond motifs is 2. The number of aliphatic hydroxyl groups excluding tert-OH is 2. The molecule has 0 fully saturated rings. The molecule has 7 N–H and O–H groups in total. The second kappa shape index (κ2) is 14.1. The number of aromatic hydroxyl groups is 1. The first-order valence-corrected chi connectivity index (χ1v) is 10.7. The summed E-state index contributed by atoms with van der Waals surface area (Å²) in [5.74, 6) is -0.920. The second-order valence-electron chi connectivity index (χ2n) is 7.52. The highest BCUT2D eigenvalue weighted by atomic mass is 35.5. The molecule has 0 bridgehead atoms. The van der Waals surface area contributed by atoms with Gasteiger partial charge >= 0.3 is 0 Å². The lowest BCUT2D eigenvalue weighted by atomic mass is 9.80. The minimum Gasteiger partial charge on any atom is -0.507 e. The lowest BCUT2D eigenvalue weighted by Gasteiger charge is -2.25. The van der Waals surface area contributed by atoms with Gasteiger partial charge in [0.15, 0.2) is 11.6 Å². The van der Waals surface area contributed by atoms with Gasteiger partial charge in [-0.1, -0.05) is 6.07 Å². The minimum absolute atomic E-state index is 0. The molecule has 1 aliphatic carbocycles. The maximum Gasteiger partial charge on any atom is 0.200 e. The van der Waals surface area contributed by atoms with Crippen LogP contribution in [-0.2, 0) is 0 Å². The van der Waals surface area contributed by atoms with Crippen molar-refractivity contribution in [2.24, 2.45) is 0 Å². The Hall–Kier alpha value is -2.40. The fraction of sp³-hybridized carbons (Fsp3) is 0.391. The van der Waals surface area contributed by atoms with Crippen LogP contribution in [0.5, 0.6) is 5.75 Å². The number of anilines is 2. The van der Waals surface area contributed by atoms with Gasteiger partial charge in [0.05, 0.1) is 29.9 Å². The fourth-order valence-electron chi connectivity index (χ4n) is 3.82. The number of aryl methyl sites for hydroxylation is 1. The first-order valence-electron chi connectivity index (χ1n) is 10.7. The van der Waals surface area contributed by atoms with Crippen molar-refractivity contribution >= 4 is 47.8 Å². The number of rotatable bonds is 12. The normalized spacial score (nSPS) is 11.7. The zero-order valence-corrected chi connectivity index (χ0v) is 20.6. The van der Waals surface area contributed by atoms with Crippen molar-refractivity contribution < 1.29 is 24.9 Å². The maximum atomic E-state index is 13.5. The summed E-state index contributed by atoms with van der Waals surface area (Å²) in [5.41, 5.74) is 2.46. The van der Waals surface area contributed by atoms with E-state index in [0.29, 0.717) is 56.2 Å². The number of phenolic OH excluding ortho intramolecular Hbond substituents is 1. The number of phenols is 1. The molecule has 2 aromatic carbocycles. The van der Waals surface area contributed by atoms with Crippen LogP contribution in [0.25, 0.3) is 0 Å². The Kier molecular flexibility index (Phi) is 12.3. The van der Waals surface area contributed by atoms with Crippen LogP contribution in [-0.4, -0.2) is 79.4 Å². The molecule has 0 radical (unpaired) electrons. The number of ketones is 2. The third kappa shape index (κ3) is 6.38. The summed E-state index contributed by atoms with van der Waals surface area (Å²) in [6.45, 7) is 4.87. The Morgan fingerprint density at radius 2 is 1.12 bits per heavy atom. The van der Waals surface area contributed by atoms with E-state index in [0.717, 1.165) is 0 Å². The van der Waals surface area contributed by atoms with Crippen molar-refractivity contribution in [2.75, 3.05) is 63.1 Å². The standard InChI is InChI=1S/C23H30N4O5.2ClH/c1-14-2-5-17(30)21-18(14)22(31)19-15(26-8-6-24-10-12-28)3-4-16(20(19)23(21)32)27-9-7-25-11-13-29;;/h2-5,24-30H,6-13H2,1H3;2*1H. The van der Waals surface area contributed by atoms with Gasteiger partial charge in [0, 0.05) is 56.2 Å². The summed E-state index contributed by atoms with van der Waals surface area (Å²) in [5, 5.41) is 40.7. The molecule has 0 amide bonds. The molecule has 34 heavy (non-hydrogen) atoms. The van der Waals surface area contributed by atoms with E-state index in [1.165, 1.54) is 6.07 Å². The molecule has 0 unspecified atom stereocenters. The van der Waals surface area contributed by atoms with Gasteiger partial charge in [-0.3, -0.25) is 9.59 Å². The van der Waals surface area contributed by atoms with Crippen molar-refractivity contribution in [3.05, 3.63) is 52.1 Å². The summed E-state index contributed by atoms with van der Waals surface area (Å²) in [7, 11) is 0. The molecule has 188 valence electrons. The largest absolute Gasteiger partial charge is 0.507 e. The average molecular weight is 515 g/mol. The van der Waals surface area contributed by atoms with Gasteiger partial charge in [-0.15, -0.1) is 24.8 Å². The molecule has 1 aliphatic rings. The SMILES string of the molecule is Cc1ccc(O)c2c1C(=O)c1c(NCCNCCO)ccc(NCCNCCO)c1C2=O.Cl.Cl. The van der Waals surface area contributed by atoms with Crippen LogP contribution in [0.15, 0.2) is 24.3 Å². The van der Waals surface area contributed by atoms with E-state index in [1.807, 2.05) is 0 Å². The van der Waals surface area contributed by atoms with Crippen LogP contribution < -0.4 is 21.3 Å². The van der Waals surface area contributed by atoms with E-state index in [2.05, 4.69) is 21.3 Å². The van der Waals surface area contributed by atoms with Gasteiger partial charge in [0.2, 0.25) is 0 Å². The van der Waals surface area contributed by atoms with E-state index in [9.17, 15) is 14.7 Å². The number of carbonyl (C=O) groups excluding carboxylic acids is 2. The number of aliphatic hydroxyl groups is 2. The van der Waals surface area contributed by atoms with Crippen molar-refractivity contribution in [2.45, 2.75) is 6.92 Å². The third-order valence-electron chi connectivity index (χ3n) is 5.32. The fourth-order valence-corrected chi connectivity index (χ4v) is 3.82. The number of benzene rings is 2. The van der Waals surface area contributed by atoms with Crippen molar-refractivity contribution in [1.82, 2.24) is 10.6 Å². The number of hydrogen-bond donors (Lipinski definition) is 7. The third-order valence-corrected chi connectivity index (χ3v) is 5.32. The lowest BCUT2D eigenvalue weighted by molar-refractivity contribution is 0.0977. The Morgan fingerprint density at radius 3 is 1.59 bits per heavy atom. The highest BCUT2D eigenvalue weighted by Gasteiger charge is 2.36. The first-order chi connectivity index (χ1) is 15.5. The summed E-state index contributed by atoms with van der Waals surface area (Å²) < 4.78 is 0. The molecule has 0 heterocycles. The number of carbonyl (C=O) groups is 2.